The zero-order valence-electron chi connectivity index (χ0n) is 26.5. The third-order valence-corrected chi connectivity index (χ3v) is 9.34. The summed E-state index contributed by atoms with van der Waals surface area (Å²) < 4.78 is 60.0. The van der Waals surface area contributed by atoms with E-state index in [1.165, 1.54) is 17.0 Å². The molecule has 6 rings (SSSR count). The Morgan fingerprint density at radius 1 is 0.816 bits per heavy atom. The van der Waals surface area contributed by atoms with Crippen molar-refractivity contribution in [2.75, 3.05) is 26.2 Å². The number of ether oxygens (including phenoxy) is 1. The molecule has 3 aromatic rings. The van der Waals surface area contributed by atoms with Crippen molar-refractivity contribution in [3.8, 4) is 5.75 Å². The largest absolute Gasteiger partial charge is 0.488 e. The Kier molecular flexibility index (Phi) is 9.79. The molecule has 1 saturated carbocycles. The quantitative estimate of drug-likeness (QED) is 0.139. The topological polar surface area (TPSA) is 111 Å². The Hall–Kier alpha value is -5.07. The van der Waals surface area contributed by atoms with Crippen LogP contribution in [-0.4, -0.2) is 87.4 Å². The summed E-state index contributed by atoms with van der Waals surface area (Å²) in [5, 5.41) is 20.1. The molecule has 2 atom stereocenters. The van der Waals surface area contributed by atoms with Gasteiger partial charge in [-0.05, 0) is 85.1 Å². The fourth-order valence-corrected chi connectivity index (χ4v) is 6.75. The fraction of sp³-hybridized carbons (Fsp3) is 0.361. The molecule has 0 radical (unpaired) electrons. The SMILES string of the molecule is O=C(O)N1C[C@H]2CC(c3ccc(CCCOc4c(F)ccc(F)c4F)cc3)=C(C(=O)N(CCc3ccc(F)cc3)C3CC3)[C@@H](C1)N2C(=O)O. The lowest BCUT2D eigenvalue weighted by Crippen LogP contribution is -2.65. The van der Waals surface area contributed by atoms with Gasteiger partial charge in [0, 0.05) is 31.2 Å². The van der Waals surface area contributed by atoms with Gasteiger partial charge in [0.2, 0.25) is 5.82 Å². The van der Waals surface area contributed by atoms with Gasteiger partial charge >= 0.3 is 12.2 Å². The van der Waals surface area contributed by atoms with Crippen LogP contribution in [0.3, 0.4) is 0 Å². The van der Waals surface area contributed by atoms with Gasteiger partial charge in [0.25, 0.3) is 5.91 Å². The van der Waals surface area contributed by atoms with Gasteiger partial charge < -0.3 is 24.7 Å². The Balaban J connectivity index is 1.26. The van der Waals surface area contributed by atoms with Crippen LogP contribution in [0, 0.1) is 23.3 Å². The molecule has 2 fully saturated rings. The van der Waals surface area contributed by atoms with E-state index in [2.05, 4.69) is 0 Å². The van der Waals surface area contributed by atoms with E-state index in [9.17, 15) is 42.2 Å². The molecule has 2 N–H and O–H groups in total. The smallest absolute Gasteiger partial charge is 0.408 e. The summed E-state index contributed by atoms with van der Waals surface area (Å²) in [6.07, 6.45) is 0.563. The van der Waals surface area contributed by atoms with E-state index in [1.807, 2.05) is 24.3 Å². The number of halogens is 4. The normalized spacial score (nSPS) is 18.8. The van der Waals surface area contributed by atoms with Gasteiger partial charge in [0.15, 0.2) is 17.4 Å². The van der Waals surface area contributed by atoms with E-state index in [0.717, 1.165) is 34.9 Å². The van der Waals surface area contributed by atoms with Crippen molar-refractivity contribution in [2.24, 2.45) is 0 Å². The zero-order valence-corrected chi connectivity index (χ0v) is 26.5. The second kappa shape index (κ2) is 14.2. The summed E-state index contributed by atoms with van der Waals surface area (Å²) in [5.41, 5.74) is 3.30. The average molecular weight is 682 g/mol. The Morgan fingerprint density at radius 3 is 2.12 bits per heavy atom. The number of fused-ring (bicyclic) bond motifs is 2. The predicted molar refractivity (Wildman–Crippen MR) is 170 cm³/mol. The lowest BCUT2D eigenvalue weighted by Gasteiger charge is -2.49. The van der Waals surface area contributed by atoms with Gasteiger partial charge in [-0.3, -0.25) is 9.69 Å². The molecule has 0 aromatic heterocycles. The van der Waals surface area contributed by atoms with Crippen LogP contribution in [0.1, 0.15) is 42.4 Å². The standard InChI is InChI=1S/C36H35F4N3O6/c37-24-9-5-22(6-10-24)15-16-42(25-11-12-25)34(44)31-27(18-26-19-41(35(45)46)20-30(31)43(26)36(47)48)23-7-3-21(4-8-23)2-1-17-49-33-29(39)14-13-28(38)32(33)40/h3-10,13-14,25-26,30H,1-2,11-12,15-20H2,(H,45,46)(H,47,48)/t26-,30-/m1/s1. The maximum absolute atomic E-state index is 14.5. The van der Waals surface area contributed by atoms with Gasteiger partial charge in [-0.2, -0.15) is 4.39 Å². The molecule has 0 unspecified atom stereocenters. The molecular formula is C36H35F4N3O6. The fourth-order valence-electron chi connectivity index (χ4n) is 6.75. The summed E-state index contributed by atoms with van der Waals surface area (Å²) >= 11 is 0. The number of amides is 3. The van der Waals surface area contributed by atoms with E-state index in [0.29, 0.717) is 43.0 Å². The van der Waals surface area contributed by atoms with Crippen molar-refractivity contribution < 1.29 is 46.9 Å². The van der Waals surface area contributed by atoms with Gasteiger partial charge in [-0.1, -0.05) is 36.4 Å². The van der Waals surface area contributed by atoms with E-state index in [-0.39, 0.29) is 49.5 Å². The minimum atomic E-state index is -1.39. The number of carbonyl (C=O) groups excluding carboxylic acids is 1. The lowest BCUT2D eigenvalue weighted by molar-refractivity contribution is -0.128. The van der Waals surface area contributed by atoms with Crippen LogP contribution in [0.25, 0.3) is 5.57 Å². The van der Waals surface area contributed by atoms with E-state index in [1.54, 1.807) is 17.0 Å². The van der Waals surface area contributed by atoms with Crippen LogP contribution in [0.4, 0.5) is 27.2 Å². The second-order valence-corrected chi connectivity index (χ2v) is 12.6. The summed E-state index contributed by atoms with van der Waals surface area (Å²) in [5.74, 6) is -5.07. The van der Waals surface area contributed by atoms with Crippen LogP contribution in [0.2, 0.25) is 0 Å². The minimum absolute atomic E-state index is 0.0371. The first-order chi connectivity index (χ1) is 23.5. The highest BCUT2D eigenvalue weighted by Gasteiger charge is 2.49. The Bertz CT molecular complexity index is 1760. The van der Waals surface area contributed by atoms with Crippen molar-refractivity contribution >= 4 is 23.7 Å². The molecule has 0 spiro atoms. The maximum atomic E-state index is 14.5. The number of benzene rings is 3. The van der Waals surface area contributed by atoms with Crippen LogP contribution in [0.15, 0.2) is 66.2 Å². The van der Waals surface area contributed by atoms with Gasteiger partial charge in [-0.25, -0.2) is 22.8 Å². The number of nitrogens with zero attached hydrogens (tertiary/aromatic N) is 3. The molecule has 2 bridgehead atoms. The van der Waals surface area contributed by atoms with E-state index in [4.69, 9.17) is 4.74 Å². The van der Waals surface area contributed by atoms with Crippen molar-refractivity contribution in [2.45, 2.75) is 56.7 Å². The number of aryl methyl sites for hydroxylation is 1. The first-order valence-corrected chi connectivity index (χ1v) is 16.1. The van der Waals surface area contributed by atoms with Crippen molar-refractivity contribution in [1.29, 1.82) is 0 Å². The molecule has 3 aliphatic rings. The summed E-state index contributed by atoms with van der Waals surface area (Å²) in [4.78, 5) is 43.2. The molecule has 9 nitrogen and oxygen atoms in total. The zero-order chi connectivity index (χ0) is 34.8. The lowest BCUT2D eigenvalue weighted by atomic mass is 9.81. The van der Waals surface area contributed by atoms with Crippen LogP contribution in [0.5, 0.6) is 5.75 Å². The minimum Gasteiger partial charge on any atom is -0.488 e. The third kappa shape index (κ3) is 7.35. The van der Waals surface area contributed by atoms with Crippen LogP contribution in [-0.2, 0) is 17.6 Å². The number of piperazine rings is 1. The third-order valence-electron chi connectivity index (χ3n) is 9.34. The maximum Gasteiger partial charge on any atom is 0.408 e. The molecule has 1 aliphatic carbocycles. The molecule has 13 heteroatoms. The highest BCUT2D eigenvalue weighted by molar-refractivity contribution is 6.04. The van der Waals surface area contributed by atoms with E-state index < -0.39 is 47.5 Å². The van der Waals surface area contributed by atoms with Gasteiger partial charge in [0.05, 0.1) is 18.7 Å². The Labute approximate surface area is 280 Å². The van der Waals surface area contributed by atoms with Gasteiger partial charge in [-0.15, -0.1) is 0 Å². The first-order valence-electron chi connectivity index (χ1n) is 16.1. The number of hydrogen-bond acceptors (Lipinski definition) is 4. The Morgan fingerprint density at radius 2 is 1.47 bits per heavy atom. The summed E-state index contributed by atoms with van der Waals surface area (Å²) in [6, 6.07) is 13.1. The van der Waals surface area contributed by atoms with Crippen molar-refractivity contribution in [3.63, 3.8) is 0 Å². The number of carboxylic acid groups (broad SMARTS) is 2. The highest BCUT2D eigenvalue weighted by atomic mass is 19.2. The van der Waals surface area contributed by atoms with Crippen LogP contribution < -0.4 is 4.74 Å². The molecular weight excluding hydrogens is 646 g/mol. The van der Waals surface area contributed by atoms with Crippen LogP contribution >= 0.6 is 0 Å². The average Bonchev–Trinajstić information content (AvgIpc) is 3.92. The van der Waals surface area contributed by atoms with Crippen molar-refractivity contribution in [1.82, 2.24) is 14.7 Å². The molecule has 3 aromatic carbocycles. The number of rotatable bonds is 11. The molecule has 258 valence electrons. The molecule has 2 heterocycles. The highest BCUT2D eigenvalue weighted by Crippen LogP contribution is 2.41. The molecule has 3 amide bonds. The molecule has 2 aliphatic heterocycles. The number of carbonyl (C=O) groups is 3. The molecule has 49 heavy (non-hydrogen) atoms. The predicted octanol–water partition coefficient (Wildman–Crippen LogP) is 6.36. The van der Waals surface area contributed by atoms with Crippen molar-refractivity contribution in [3.05, 3.63) is 106 Å². The van der Waals surface area contributed by atoms with Gasteiger partial charge in [0.1, 0.15) is 5.82 Å². The number of hydrogen-bond donors (Lipinski definition) is 2. The molecule has 1 saturated heterocycles. The first kappa shape index (κ1) is 33.8. The van der Waals surface area contributed by atoms with E-state index >= 15 is 0 Å². The monoisotopic (exact) mass is 681 g/mol. The summed E-state index contributed by atoms with van der Waals surface area (Å²) in [6.45, 7) is 0.0306. The second-order valence-electron chi connectivity index (χ2n) is 12.6. The summed E-state index contributed by atoms with van der Waals surface area (Å²) in [7, 11) is 0.